The van der Waals surface area contributed by atoms with Crippen LogP contribution in [0.15, 0.2) is 21.9 Å². The molecule has 0 saturated carbocycles. The van der Waals surface area contributed by atoms with E-state index in [0.717, 1.165) is 23.8 Å². The van der Waals surface area contributed by atoms with Crippen LogP contribution in [0.3, 0.4) is 0 Å². The van der Waals surface area contributed by atoms with Gasteiger partial charge in [0, 0.05) is 0 Å². The molecule has 0 spiro atoms. The third-order valence-electron chi connectivity index (χ3n) is 4.28. The van der Waals surface area contributed by atoms with Gasteiger partial charge in [-0.2, -0.15) is 0 Å². The number of carbonyl (C=O) groups is 1. The fraction of sp³-hybridized carbons (Fsp3) is 0.615. The van der Waals surface area contributed by atoms with E-state index in [1.165, 1.54) is 6.92 Å². The van der Waals surface area contributed by atoms with Crippen LogP contribution >= 0.6 is 8.09 Å². The van der Waals surface area contributed by atoms with Gasteiger partial charge in [0.2, 0.25) is 0 Å². The van der Waals surface area contributed by atoms with Crippen molar-refractivity contribution in [2.24, 2.45) is 0 Å². The van der Waals surface area contributed by atoms with Crippen molar-refractivity contribution in [2.45, 2.75) is 44.0 Å². The quantitative estimate of drug-likeness (QED) is 0.473. The molecule has 2 saturated heterocycles. The van der Waals surface area contributed by atoms with Crippen molar-refractivity contribution in [3.8, 4) is 0 Å². The predicted molar refractivity (Wildman–Crippen MR) is 86.3 cm³/mol. The van der Waals surface area contributed by atoms with E-state index in [-0.39, 0.29) is 6.61 Å². The molecule has 2 aliphatic heterocycles. The number of alkyl halides is 1. The first-order valence-electron chi connectivity index (χ1n) is 7.74. The molecular weight excluding hydrogens is 376 g/mol. The van der Waals surface area contributed by atoms with Gasteiger partial charge in [0.1, 0.15) is 0 Å². The SMILES string of the molecule is CC(N[PH]1(O)OC[C@H]2O[C@@H](n3ccc(=O)[nH]c3=O)[C@](C)(F)[C@@H]2O1)C(=O)O. The fourth-order valence-corrected chi connectivity index (χ4v) is 4.96. The number of aromatic amines is 1. The van der Waals surface area contributed by atoms with Crippen LogP contribution in [0.25, 0.3) is 0 Å². The molecule has 0 radical (unpaired) electrons. The van der Waals surface area contributed by atoms with Crippen LogP contribution in [0.5, 0.6) is 0 Å². The Hall–Kier alpha value is -1.69. The zero-order valence-corrected chi connectivity index (χ0v) is 14.8. The van der Waals surface area contributed by atoms with E-state index < -0.39 is 55.5 Å². The number of rotatable bonds is 4. The van der Waals surface area contributed by atoms with Gasteiger partial charge in [0.05, 0.1) is 0 Å². The van der Waals surface area contributed by atoms with Crippen molar-refractivity contribution in [3.63, 3.8) is 0 Å². The van der Waals surface area contributed by atoms with Gasteiger partial charge in [0.15, 0.2) is 0 Å². The van der Waals surface area contributed by atoms with E-state index in [4.69, 9.17) is 18.9 Å². The second kappa shape index (κ2) is 6.48. The Morgan fingerprint density at radius 3 is 2.88 bits per heavy atom. The average Bonchev–Trinajstić information content (AvgIpc) is 2.78. The van der Waals surface area contributed by atoms with Crippen molar-refractivity contribution in [1.29, 1.82) is 0 Å². The molecule has 3 rings (SSSR count). The number of H-pyrrole nitrogens is 1. The summed E-state index contributed by atoms with van der Waals surface area (Å²) in [6.45, 7) is 2.13. The fourth-order valence-electron chi connectivity index (χ4n) is 2.95. The molecule has 11 nitrogen and oxygen atoms in total. The van der Waals surface area contributed by atoms with Gasteiger partial charge in [-0.1, -0.05) is 0 Å². The van der Waals surface area contributed by atoms with E-state index in [0.29, 0.717) is 0 Å². The first kappa shape index (κ1) is 19.1. The predicted octanol–water partition coefficient (Wildman–Crippen LogP) is -0.957. The molecule has 26 heavy (non-hydrogen) atoms. The summed E-state index contributed by atoms with van der Waals surface area (Å²) in [5.41, 5.74) is -3.78. The standard InChI is InChI=1S/C13H19FN3O8P/c1-6(10(19)20)16-26(22)23-5-7-9(25-26)13(2,14)11(24-7)17-4-3-8(18)15-12(17)21/h3-4,6-7,9,11,16,22,26H,5H2,1-2H3,(H,19,20)(H,15,18,21)/t6?,7-,9-,11-,13-/m1/s1. The Balaban J connectivity index is 1.86. The molecule has 1 unspecified atom stereocenters. The Morgan fingerprint density at radius 2 is 2.27 bits per heavy atom. The number of aromatic nitrogens is 2. The topological polar surface area (TPSA) is 152 Å². The Morgan fingerprint density at radius 1 is 1.58 bits per heavy atom. The summed E-state index contributed by atoms with van der Waals surface area (Å²) in [7, 11) is -4.19. The van der Waals surface area contributed by atoms with Gasteiger partial charge in [-0.3, -0.25) is 0 Å². The number of nitrogens with zero attached hydrogens (tertiary/aromatic N) is 1. The van der Waals surface area contributed by atoms with E-state index in [1.807, 2.05) is 4.98 Å². The zero-order chi connectivity index (χ0) is 19.3. The average molecular weight is 395 g/mol. The van der Waals surface area contributed by atoms with Crippen LogP contribution < -0.4 is 16.3 Å². The molecule has 0 amide bonds. The molecule has 4 N–H and O–H groups in total. The van der Waals surface area contributed by atoms with E-state index in [1.54, 1.807) is 0 Å². The summed E-state index contributed by atoms with van der Waals surface area (Å²) >= 11 is 0. The van der Waals surface area contributed by atoms with Crippen LogP contribution in [0.1, 0.15) is 20.1 Å². The first-order valence-corrected chi connectivity index (χ1v) is 9.50. The number of carboxylic acid groups (broad SMARTS) is 1. The van der Waals surface area contributed by atoms with Crippen molar-refractivity contribution in [2.75, 3.05) is 6.61 Å². The monoisotopic (exact) mass is 395 g/mol. The maximum absolute atomic E-state index is 15.4. The molecule has 2 aliphatic rings. The van der Waals surface area contributed by atoms with Crippen molar-refractivity contribution in [3.05, 3.63) is 33.1 Å². The van der Waals surface area contributed by atoms with Gasteiger partial charge in [0.25, 0.3) is 0 Å². The Kier molecular flexibility index (Phi) is 4.76. The molecule has 0 bridgehead atoms. The normalized spacial score (nSPS) is 35.5. The van der Waals surface area contributed by atoms with Crippen LogP contribution in [-0.4, -0.2) is 56.0 Å². The van der Waals surface area contributed by atoms with Crippen molar-refractivity contribution < 1.29 is 33.0 Å². The summed E-state index contributed by atoms with van der Waals surface area (Å²) in [6.07, 6.45) is -2.59. The second-order valence-electron chi connectivity index (χ2n) is 6.33. The maximum atomic E-state index is 15.4. The van der Waals surface area contributed by atoms with Crippen molar-refractivity contribution in [1.82, 2.24) is 14.6 Å². The Labute approximate surface area is 146 Å². The molecular formula is C13H19FN3O8P. The molecule has 0 aliphatic carbocycles. The number of hydrogen-bond donors (Lipinski definition) is 4. The molecule has 2 fully saturated rings. The van der Waals surface area contributed by atoms with Crippen LogP contribution in [0.4, 0.5) is 4.39 Å². The molecule has 3 heterocycles. The molecule has 1 aromatic rings. The molecule has 0 aromatic carbocycles. The molecule has 1 aromatic heterocycles. The van der Waals surface area contributed by atoms with E-state index in [2.05, 4.69) is 5.09 Å². The third kappa shape index (κ3) is 3.31. The summed E-state index contributed by atoms with van der Waals surface area (Å²) in [6, 6.07) is -0.143. The number of nitrogens with one attached hydrogen (secondary N) is 2. The summed E-state index contributed by atoms with van der Waals surface area (Å²) in [5.74, 6) is -1.25. The molecule has 5 atom stereocenters. The van der Waals surface area contributed by atoms with Gasteiger partial charge in [-0.25, -0.2) is 0 Å². The van der Waals surface area contributed by atoms with E-state index in [9.17, 15) is 19.3 Å². The number of carboxylic acids is 1. The van der Waals surface area contributed by atoms with Crippen LogP contribution in [0.2, 0.25) is 0 Å². The summed E-state index contributed by atoms with van der Waals surface area (Å²) in [5, 5.41) is 11.3. The number of fused-ring (bicyclic) bond motifs is 1. The number of aliphatic carboxylic acids is 1. The zero-order valence-electron chi connectivity index (χ0n) is 13.8. The van der Waals surface area contributed by atoms with Crippen LogP contribution in [-0.2, 0) is 18.6 Å². The first-order chi connectivity index (χ1) is 12.0. The Bertz CT molecular complexity index is 828. The van der Waals surface area contributed by atoms with Crippen LogP contribution in [0, 0.1) is 0 Å². The van der Waals surface area contributed by atoms with E-state index >= 15 is 4.39 Å². The number of ether oxygens (including phenoxy) is 1. The van der Waals surface area contributed by atoms with Gasteiger partial charge in [-0.05, 0) is 0 Å². The molecule has 13 heteroatoms. The number of halogens is 1. The van der Waals surface area contributed by atoms with Gasteiger partial charge in [-0.15, -0.1) is 0 Å². The van der Waals surface area contributed by atoms with Crippen molar-refractivity contribution >= 4 is 14.1 Å². The summed E-state index contributed by atoms with van der Waals surface area (Å²) < 4.78 is 32.4. The summed E-state index contributed by atoms with van der Waals surface area (Å²) in [4.78, 5) is 46.5. The van der Waals surface area contributed by atoms with Gasteiger partial charge >= 0.3 is 145 Å². The second-order valence-corrected chi connectivity index (χ2v) is 8.31. The number of hydrogen-bond acceptors (Lipinski definition) is 8. The third-order valence-corrected chi connectivity index (χ3v) is 6.21. The minimum absolute atomic E-state index is 0.263. The minimum atomic E-state index is -4.19. The molecule has 146 valence electrons. The van der Waals surface area contributed by atoms with Gasteiger partial charge < -0.3 is 0 Å².